The third kappa shape index (κ3) is 13.6. The van der Waals surface area contributed by atoms with Crippen LogP contribution in [0.15, 0.2) is 110 Å². The number of fused-ring (bicyclic) bond motifs is 2. The van der Waals surface area contributed by atoms with Crippen molar-refractivity contribution in [3.63, 3.8) is 0 Å². The van der Waals surface area contributed by atoms with Crippen molar-refractivity contribution in [3.05, 3.63) is 121 Å². The zero-order valence-electron chi connectivity index (χ0n) is 42.4. The molecule has 390 valence electrons. The van der Waals surface area contributed by atoms with Crippen LogP contribution in [-0.4, -0.2) is 187 Å². The molecule has 0 spiro atoms. The summed E-state index contributed by atoms with van der Waals surface area (Å²) in [5.41, 5.74) is 7.14. The Bertz CT molecular complexity index is 3200. The van der Waals surface area contributed by atoms with E-state index in [1.807, 2.05) is 71.3 Å². The molecule has 0 saturated carbocycles. The van der Waals surface area contributed by atoms with Crippen LogP contribution < -0.4 is 20.1 Å². The Kier molecular flexibility index (Phi) is 16.8. The van der Waals surface area contributed by atoms with Gasteiger partial charge in [0.15, 0.2) is 0 Å². The minimum absolute atomic E-state index is 0.0137. The third-order valence-corrected chi connectivity index (χ3v) is 12.8. The van der Waals surface area contributed by atoms with Gasteiger partial charge in [-0.25, -0.2) is 19.9 Å². The molecule has 0 radical (unpaired) electrons. The SMILES string of the molecule is CC(O)C(C)Oc1ccnc(-c2ccnc(Nc3ccc4[nH]c(C(=O)N5CCN(C)CC5)cc4c3)n2)c1.CN1CCN(C(=O)c2cc3cc(Nc4nccc(-c5cc(OCCOCCO)ccn5)n4)ccc3[nH]2)CC1. The second-order valence-corrected chi connectivity index (χ2v) is 18.4. The van der Waals surface area contributed by atoms with E-state index in [1.165, 1.54) is 0 Å². The molecule has 2 unspecified atom stereocenters. The van der Waals surface area contributed by atoms with Gasteiger partial charge < -0.3 is 64.6 Å². The molecule has 6 aromatic heterocycles. The number of H-pyrrole nitrogens is 2. The molecular weight excluding hydrogens is 957 g/mol. The molecule has 2 atom stereocenters. The Morgan fingerprint density at radius 2 is 1.07 bits per heavy atom. The van der Waals surface area contributed by atoms with Gasteiger partial charge in [-0.3, -0.25) is 19.6 Å². The van der Waals surface area contributed by atoms with E-state index in [2.05, 4.69) is 74.4 Å². The number of carbonyl (C=O) groups excluding carboxylic acids is 2. The average Bonchev–Trinajstić information content (AvgIpc) is 4.06. The quantitative estimate of drug-likeness (QED) is 0.0587. The van der Waals surface area contributed by atoms with Crippen LogP contribution in [0.2, 0.25) is 0 Å². The number of aliphatic hydroxyl groups excluding tert-OH is 2. The smallest absolute Gasteiger partial charge is 0.270 e. The number of aromatic amines is 2. The lowest BCUT2D eigenvalue weighted by Gasteiger charge is -2.32. The lowest BCUT2D eigenvalue weighted by molar-refractivity contribution is 0.0604. The van der Waals surface area contributed by atoms with Crippen LogP contribution >= 0.6 is 0 Å². The molecule has 8 heterocycles. The third-order valence-electron chi connectivity index (χ3n) is 12.8. The number of amides is 2. The van der Waals surface area contributed by atoms with Crippen molar-refractivity contribution in [1.82, 2.24) is 59.5 Å². The number of hydrogen-bond donors (Lipinski definition) is 6. The van der Waals surface area contributed by atoms with Crippen LogP contribution in [0.4, 0.5) is 23.3 Å². The van der Waals surface area contributed by atoms with Gasteiger partial charge in [-0.15, -0.1) is 0 Å². The maximum absolute atomic E-state index is 13.0. The van der Waals surface area contributed by atoms with Crippen molar-refractivity contribution >= 4 is 56.9 Å². The molecule has 2 aliphatic rings. The fourth-order valence-corrected chi connectivity index (χ4v) is 8.36. The average molecular weight is 1020 g/mol. The number of aliphatic hydroxyl groups is 2. The first-order chi connectivity index (χ1) is 36.4. The Morgan fingerprint density at radius 3 is 1.56 bits per heavy atom. The van der Waals surface area contributed by atoms with Gasteiger partial charge in [0.2, 0.25) is 11.9 Å². The number of nitrogens with zero attached hydrogens (tertiary/aromatic N) is 10. The fourth-order valence-electron chi connectivity index (χ4n) is 8.36. The first kappa shape index (κ1) is 51.8. The highest BCUT2D eigenvalue weighted by atomic mass is 16.5. The zero-order valence-corrected chi connectivity index (χ0v) is 42.4. The summed E-state index contributed by atoms with van der Waals surface area (Å²) in [6, 6.07) is 26.1. The fraction of sp³-hybridized carbons (Fsp3) is 0.333. The van der Waals surface area contributed by atoms with E-state index in [0.29, 0.717) is 70.8 Å². The van der Waals surface area contributed by atoms with Gasteiger partial charge in [-0.05, 0) is 101 Å². The first-order valence-corrected chi connectivity index (χ1v) is 24.9. The number of pyridine rings is 2. The van der Waals surface area contributed by atoms with Gasteiger partial charge in [0.25, 0.3) is 11.8 Å². The standard InChI is InChI=1S/C27H31N7O4.C27H31N7O3/c1-33-8-10-34(11-9-33)26(36)25-17-19-16-20(2-3-22(19)31-25)30-27-29-7-5-23(32-27)24-18-21(4-6-28-24)38-15-14-37-13-12-35;1-17(35)18(2)37-21-6-8-28-24(16-21)23-7-9-29-27(32-23)30-20-4-5-22-19(14-20)15-25(31-22)26(36)34-12-10-33(3)11-13-34/h2-7,16-18,31,35H,8-15H2,1H3,(H,29,30,32);4-9,14-18,31,35H,10-13H2,1-3H3,(H,29,30,32). The van der Waals surface area contributed by atoms with Crippen LogP contribution in [-0.2, 0) is 4.74 Å². The van der Waals surface area contributed by atoms with Gasteiger partial charge in [0, 0.05) is 122 Å². The van der Waals surface area contributed by atoms with Gasteiger partial charge >= 0.3 is 0 Å². The van der Waals surface area contributed by atoms with E-state index >= 15 is 0 Å². The number of aromatic nitrogens is 8. The van der Waals surface area contributed by atoms with Crippen LogP contribution in [0.25, 0.3) is 44.6 Å². The molecule has 2 amide bonds. The Hall–Kier alpha value is -8.08. The van der Waals surface area contributed by atoms with Gasteiger partial charge in [0.1, 0.15) is 35.6 Å². The summed E-state index contributed by atoms with van der Waals surface area (Å²) in [6.45, 7) is 11.0. The molecule has 6 N–H and O–H groups in total. The van der Waals surface area contributed by atoms with Crippen LogP contribution in [0, 0.1) is 0 Å². The molecule has 0 bridgehead atoms. The monoisotopic (exact) mass is 1020 g/mol. The van der Waals surface area contributed by atoms with Crippen LogP contribution in [0.5, 0.6) is 11.5 Å². The summed E-state index contributed by atoms with van der Waals surface area (Å²) >= 11 is 0. The Labute approximate surface area is 434 Å². The van der Waals surface area contributed by atoms with Crippen LogP contribution in [0.3, 0.4) is 0 Å². The van der Waals surface area contributed by atoms with E-state index in [1.54, 1.807) is 62.0 Å². The summed E-state index contributed by atoms with van der Waals surface area (Å²) in [7, 11) is 4.14. The minimum atomic E-state index is -0.593. The number of anilines is 4. The highest BCUT2D eigenvalue weighted by Crippen LogP contribution is 2.28. The molecule has 8 aromatic rings. The Morgan fingerprint density at radius 1 is 0.587 bits per heavy atom. The number of ether oxygens (including phenoxy) is 3. The zero-order chi connectivity index (χ0) is 52.3. The van der Waals surface area contributed by atoms with E-state index in [0.717, 1.165) is 85.5 Å². The number of piperazine rings is 2. The van der Waals surface area contributed by atoms with Crippen molar-refractivity contribution in [3.8, 4) is 34.3 Å². The van der Waals surface area contributed by atoms with Crippen molar-refractivity contribution < 1.29 is 34.0 Å². The van der Waals surface area contributed by atoms with Gasteiger partial charge in [-0.2, -0.15) is 0 Å². The summed E-state index contributed by atoms with van der Waals surface area (Å²) in [5, 5.41) is 26.8. The minimum Gasteiger partial charge on any atom is -0.491 e. The summed E-state index contributed by atoms with van der Waals surface area (Å²) in [5.74, 6) is 2.15. The maximum atomic E-state index is 13.0. The van der Waals surface area contributed by atoms with Crippen molar-refractivity contribution in [1.29, 1.82) is 0 Å². The Balaban J connectivity index is 0.000000184. The van der Waals surface area contributed by atoms with Crippen molar-refractivity contribution in [2.24, 2.45) is 0 Å². The summed E-state index contributed by atoms with van der Waals surface area (Å²) in [6.07, 6.45) is 5.71. The molecule has 2 aromatic carbocycles. The van der Waals surface area contributed by atoms with E-state index in [9.17, 15) is 14.7 Å². The highest BCUT2D eigenvalue weighted by Gasteiger charge is 2.24. The predicted molar refractivity (Wildman–Crippen MR) is 286 cm³/mol. The van der Waals surface area contributed by atoms with E-state index in [4.69, 9.17) is 19.3 Å². The largest absolute Gasteiger partial charge is 0.491 e. The molecule has 2 saturated heterocycles. The van der Waals surface area contributed by atoms with Gasteiger partial charge in [0.05, 0.1) is 48.7 Å². The topological polar surface area (TPSA) is 248 Å². The molecular formula is C54H62N14O7. The van der Waals surface area contributed by atoms with E-state index < -0.39 is 6.10 Å². The molecule has 21 nitrogen and oxygen atoms in total. The lowest BCUT2D eigenvalue weighted by Crippen LogP contribution is -2.47. The molecule has 2 fully saturated rings. The normalized spacial score (nSPS) is 15.0. The second-order valence-electron chi connectivity index (χ2n) is 18.4. The molecule has 2 aliphatic heterocycles. The molecule has 0 aliphatic carbocycles. The highest BCUT2D eigenvalue weighted by molar-refractivity contribution is 6.00. The predicted octanol–water partition coefficient (Wildman–Crippen LogP) is 5.84. The van der Waals surface area contributed by atoms with Crippen molar-refractivity contribution in [2.75, 3.05) is 104 Å². The molecule has 75 heavy (non-hydrogen) atoms. The van der Waals surface area contributed by atoms with Crippen molar-refractivity contribution in [2.45, 2.75) is 26.1 Å². The summed E-state index contributed by atoms with van der Waals surface area (Å²) < 4.78 is 16.7. The number of carbonyl (C=O) groups is 2. The molecule has 10 rings (SSSR count). The second kappa shape index (κ2) is 24.3. The number of hydrogen-bond acceptors (Lipinski definition) is 17. The number of nitrogens with one attached hydrogen (secondary N) is 4. The van der Waals surface area contributed by atoms with Crippen LogP contribution in [0.1, 0.15) is 34.8 Å². The first-order valence-electron chi connectivity index (χ1n) is 24.9. The van der Waals surface area contributed by atoms with E-state index in [-0.39, 0.29) is 31.1 Å². The number of rotatable bonds is 17. The van der Waals surface area contributed by atoms with Gasteiger partial charge in [-0.1, -0.05) is 0 Å². The maximum Gasteiger partial charge on any atom is 0.270 e. The number of benzene rings is 2. The number of likely N-dealkylation sites (N-methyl/N-ethyl adjacent to an activating group) is 2. The molecule has 21 heteroatoms. The summed E-state index contributed by atoms with van der Waals surface area (Å²) in [4.78, 5) is 67.4. The lowest BCUT2D eigenvalue weighted by atomic mass is 10.2.